The third-order valence-corrected chi connectivity index (χ3v) is 5.22. The van der Waals surface area contributed by atoms with Crippen LogP contribution in [0.15, 0.2) is 30.4 Å². The number of hydrogen-bond donors (Lipinski definition) is 0. The number of anilines is 1. The van der Waals surface area contributed by atoms with Gasteiger partial charge in [-0.1, -0.05) is 24.3 Å². The molecule has 0 spiro atoms. The Morgan fingerprint density at radius 3 is 2.88 bits per heavy atom. The van der Waals surface area contributed by atoms with Gasteiger partial charge in [-0.15, -0.1) is 0 Å². The van der Waals surface area contributed by atoms with Gasteiger partial charge in [-0.2, -0.15) is 0 Å². The van der Waals surface area contributed by atoms with Gasteiger partial charge in [0.2, 0.25) is 5.91 Å². The second-order valence-corrected chi connectivity index (χ2v) is 6.67. The molecule has 0 radical (unpaired) electrons. The van der Waals surface area contributed by atoms with Gasteiger partial charge in [0.1, 0.15) is 6.61 Å². The predicted molar refractivity (Wildman–Crippen MR) is 90.7 cm³/mol. The maximum absolute atomic E-state index is 12.8. The van der Waals surface area contributed by atoms with Crippen molar-refractivity contribution in [3.05, 3.63) is 41.5 Å². The zero-order valence-electron chi connectivity index (χ0n) is 13.7. The van der Waals surface area contributed by atoms with Crippen molar-refractivity contribution in [1.82, 2.24) is 4.90 Å². The van der Waals surface area contributed by atoms with Crippen LogP contribution in [0.25, 0.3) is 0 Å². The van der Waals surface area contributed by atoms with Crippen molar-refractivity contribution in [1.29, 1.82) is 0 Å². The van der Waals surface area contributed by atoms with Gasteiger partial charge in [0.15, 0.2) is 0 Å². The van der Waals surface area contributed by atoms with E-state index >= 15 is 0 Å². The van der Waals surface area contributed by atoms with E-state index in [1.165, 1.54) is 5.56 Å². The first-order chi connectivity index (χ1) is 11.7. The minimum absolute atomic E-state index is 0.133. The van der Waals surface area contributed by atoms with Gasteiger partial charge in [0, 0.05) is 19.0 Å². The normalized spacial score (nSPS) is 23.2. The van der Waals surface area contributed by atoms with E-state index in [4.69, 9.17) is 4.74 Å². The molecular formula is C19H22N2O3. The molecule has 0 aromatic heterocycles. The van der Waals surface area contributed by atoms with Gasteiger partial charge in [0.25, 0.3) is 0 Å². The van der Waals surface area contributed by atoms with Crippen molar-refractivity contribution in [3.8, 4) is 0 Å². The smallest absolute Gasteiger partial charge is 0.414 e. The Kier molecular flexibility index (Phi) is 4.00. The second-order valence-electron chi connectivity index (χ2n) is 6.67. The molecule has 2 heterocycles. The number of benzene rings is 1. The predicted octanol–water partition coefficient (Wildman–Crippen LogP) is 2.88. The minimum atomic E-state index is -0.268. The van der Waals surface area contributed by atoms with E-state index < -0.39 is 0 Å². The van der Waals surface area contributed by atoms with Gasteiger partial charge < -0.3 is 9.64 Å². The van der Waals surface area contributed by atoms with Crippen LogP contribution < -0.4 is 4.90 Å². The summed E-state index contributed by atoms with van der Waals surface area (Å²) in [4.78, 5) is 28.3. The van der Waals surface area contributed by atoms with Crippen molar-refractivity contribution in [2.75, 3.05) is 24.6 Å². The molecule has 0 saturated carbocycles. The van der Waals surface area contributed by atoms with Crippen molar-refractivity contribution in [2.24, 2.45) is 5.92 Å². The molecule has 3 aliphatic rings. The molecule has 5 nitrogen and oxygen atoms in total. The molecule has 2 amide bonds. The van der Waals surface area contributed by atoms with Gasteiger partial charge in [-0.3, -0.25) is 9.69 Å². The van der Waals surface area contributed by atoms with Crippen LogP contribution >= 0.6 is 0 Å². The summed E-state index contributed by atoms with van der Waals surface area (Å²) >= 11 is 0. The molecule has 1 aromatic carbocycles. The molecule has 1 aliphatic carbocycles. The molecule has 1 saturated heterocycles. The van der Waals surface area contributed by atoms with E-state index in [-0.39, 0.29) is 17.9 Å². The monoisotopic (exact) mass is 326 g/mol. The minimum Gasteiger partial charge on any atom is -0.447 e. The summed E-state index contributed by atoms with van der Waals surface area (Å²) in [5.74, 6) is 0.407. The highest BCUT2D eigenvalue weighted by Crippen LogP contribution is 2.32. The Morgan fingerprint density at radius 1 is 1.21 bits per heavy atom. The Hall–Kier alpha value is -2.30. The summed E-state index contributed by atoms with van der Waals surface area (Å²) in [5, 5.41) is 0. The van der Waals surface area contributed by atoms with Crippen molar-refractivity contribution in [3.63, 3.8) is 0 Å². The molecular weight excluding hydrogens is 304 g/mol. The molecule has 4 rings (SSSR count). The zero-order valence-corrected chi connectivity index (χ0v) is 13.7. The first-order valence-electron chi connectivity index (χ1n) is 8.73. The van der Waals surface area contributed by atoms with E-state index in [9.17, 15) is 9.59 Å². The van der Waals surface area contributed by atoms with E-state index in [0.717, 1.165) is 43.5 Å². The summed E-state index contributed by atoms with van der Waals surface area (Å²) < 4.78 is 5.07. The highest BCUT2D eigenvalue weighted by Gasteiger charge is 2.31. The lowest BCUT2D eigenvalue weighted by atomic mass is 9.91. The van der Waals surface area contributed by atoms with Crippen LogP contribution in [0.3, 0.4) is 0 Å². The standard InChI is InChI=1S/C19H22N2O3/c22-18(14-5-2-1-3-6-14)20-10-9-16-15(13-20)7-4-8-17(16)21-11-12-24-19(21)23/h1-2,4,7-8,14H,3,5-6,9-13H2/t14-/m1/s1. The van der Waals surface area contributed by atoms with Crippen LogP contribution in [-0.4, -0.2) is 36.6 Å². The van der Waals surface area contributed by atoms with Crippen molar-refractivity contribution >= 4 is 17.7 Å². The zero-order chi connectivity index (χ0) is 16.5. The van der Waals surface area contributed by atoms with Crippen LogP contribution in [0.5, 0.6) is 0 Å². The third-order valence-electron chi connectivity index (χ3n) is 5.22. The first-order valence-corrected chi connectivity index (χ1v) is 8.73. The molecule has 126 valence electrons. The van der Waals surface area contributed by atoms with Crippen LogP contribution in [0, 0.1) is 5.92 Å². The fourth-order valence-corrected chi connectivity index (χ4v) is 3.92. The molecule has 0 unspecified atom stereocenters. The van der Waals surface area contributed by atoms with Gasteiger partial charge in [0.05, 0.1) is 12.2 Å². The number of fused-ring (bicyclic) bond motifs is 1. The van der Waals surface area contributed by atoms with Gasteiger partial charge in [-0.05, 0) is 42.9 Å². The lowest BCUT2D eigenvalue weighted by Gasteiger charge is -2.34. The number of carbonyl (C=O) groups excluding carboxylic acids is 2. The summed E-state index contributed by atoms with van der Waals surface area (Å²) in [6, 6.07) is 6.02. The number of allylic oxidation sites excluding steroid dienone is 2. The molecule has 0 N–H and O–H groups in total. The Balaban J connectivity index is 1.54. The number of carbonyl (C=O) groups is 2. The molecule has 1 atom stereocenters. The van der Waals surface area contributed by atoms with Crippen molar-refractivity contribution in [2.45, 2.75) is 32.2 Å². The van der Waals surface area contributed by atoms with Crippen LogP contribution in [0.1, 0.15) is 30.4 Å². The fourth-order valence-electron chi connectivity index (χ4n) is 3.92. The number of rotatable bonds is 2. The first kappa shape index (κ1) is 15.2. The Morgan fingerprint density at radius 2 is 2.12 bits per heavy atom. The third kappa shape index (κ3) is 2.68. The number of amides is 2. The van der Waals surface area contributed by atoms with Crippen LogP contribution in [0.4, 0.5) is 10.5 Å². The molecule has 24 heavy (non-hydrogen) atoms. The lowest BCUT2D eigenvalue weighted by Crippen LogP contribution is -2.40. The fraction of sp³-hybridized carbons (Fsp3) is 0.474. The molecule has 0 bridgehead atoms. The lowest BCUT2D eigenvalue weighted by molar-refractivity contribution is -0.136. The Labute approximate surface area is 141 Å². The van der Waals surface area contributed by atoms with Crippen LogP contribution in [0.2, 0.25) is 0 Å². The highest BCUT2D eigenvalue weighted by molar-refractivity contribution is 5.90. The molecule has 1 aromatic rings. The average molecular weight is 326 g/mol. The maximum atomic E-state index is 12.8. The number of ether oxygens (including phenoxy) is 1. The summed E-state index contributed by atoms with van der Waals surface area (Å²) in [6.07, 6.45) is 7.64. The van der Waals surface area contributed by atoms with E-state index in [1.54, 1.807) is 4.90 Å². The maximum Gasteiger partial charge on any atom is 0.414 e. The van der Waals surface area contributed by atoms with Crippen LogP contribution in [-0.2, 0) is 22.5 Å². The highest BCUT2D eigenvalue weighted by atomic mass is 16.6. The van der Waals surface area contributed by atoms with E-state index in [0.29, 0.717) is 19.7 Å². The van der Waals surface area contributed by atoms with E-state index in [1.807, 2.05) is 17.0 Å². The Bertz CT molecular complexity index is 698. The SMILES string of the molecule is O=C([C@@H]1CC=CCC1)N1CCc2c(cccc2N2CCOC2=O)C1. The van der Waals surface area contributed by atoms with Crippen molar-refractivity contribution < 1.29 is 14.3 Å². The summed E-state index contributed by atoms with van der Waals surface area (Å²) in [6.45, 7) is 2.42. The number of hydrogen-bond acceptors (Lipinski definition) is 3. The molecule has 2 aliphatic heterocycles. The topological polar surface area (TPSA) is 49.9 Å². The van der Waals surface area contributed by atoms with Gasteiger partial charge in [-0.25, -0.2) is 4.79 Å². The molecule has 1 fully saturated rings. The largest absolute Gasteiger partial charge is 0.447 e. The summed E-state index contributed by atoms with van der Waals surface area (Å²) in [7, 11) is 0. The number of nitrogens with zero attached hydrogens (tertiary/aromatic N) is 2. The van der Waals surface area contributed by atoms with E-state index in [2.05, 4.69) is 18.2 Å². The van der Waals surface area contributed by atoms with Gasteiger partial charge >= 0.3 is 6.09 Å². The molecule has 5 heteroatoms. The second kappa shape index (κ2) is 6.30. The number of cyclic esters (lactones) is 1. The summed E-state index contributed by atoms with van der Waals surface area (Å²) in [5.41, 5.74) is 3.28. The average Bonchev–Trinajstić information content (AvgIpc) is 3.06. The quantitative estimate of drug-likeness (QED) is 0.785.